The second-order valence-corrected chi connectivity index (χ2v) is 2.49. The molecule has 0 atom stereocenters. The van der Waals surface area contributed by atoms with Gasteiger partial charge in [-0.3, -0.25) is 14.9 Å². The number of hydrogen-bond acceptors (Lipinski definition) is 3. The van der Waals surface area contributed by atoms with E-state index < -0.39 is 35.2 Å². The number of nitrogens with zero attached hydrogens (tertiary/aromatic N) is 2. The third kappa shape index (κ3) is 1.93. The van der Waals surface area contributed by atoms with Crippen LogP contribution in [0, 0.1) is 15.9 Å². The first-order chi connectivity index (χ1) is 6.56. The maximum atomic E-state index is 12.7. The summed E-state index contributed by atoms with van der Waals surface area (Å²) in [6.07, 6.45) is 0.731. The molecule has 0 aliphatic heterocycles. The number of rotatable bonds is 3. The van der Waals surface area contributed by atoms with Gasteiger partial charge in [-0.05, 0) is 0 Å². The van der Waals surface area contributed by atoms with E-state index in [0.717, 1.165) is 6.20 Å². The Morgan fingerprint density at radius 1 is 1.57 bits per heavy atom. The molecular formula is C7H6F2N2O3. The fourth-order valence-corrected chi connectivity index (χ4v) is 0.972. The fourth-order valence-electron chi connectivity index (χ4n) is 0.972. The van der Waals surface area contributed by atoms with Crippen LogP contribution in [-0.4, -0.2) is 16.2 Å². The Labute approximate surface area is 76.7 Å². The van der Waals surface area contributed by atoms with Gasteiger partial charge < -0.3 is 4.57 Å². The van der Waals surface area contributed by atoms with Crippen LogP contribution in [0.4, 0.5) is 14.5 Å². The maximum Gasteiger partial charge on any atom is 0.337 e. The summed E-state index contributed by atoms with van der Waals surface area (Å²) in [6.45, 7) is -1.28. The first-order valence-corrected chi connectivity index (χ1v) is 3.66. The summed E-state index contributed by atoms with van der Waals surface area (Å²) in [5, 5.41) is 10.3. The molecule has 7 heteroatoms. The smallest absolute Gasteiger partial charge is 0.304 e. The molecule has 0 radical (unpaired) electrons. The van der Waals surface area contributed by atoms with E-state index in [2.05, 4.69) is 0 Å². The molecule has 1 aromatic rings. The molecule has 0 aliphatic rings. The monoisotopic (exact) mass is 204 g/mol. The quantitative estimate of drug-likeness (QED) is 0.541. The third-order valence-electron chi connectivity index (χ3n) is 1.56. The average molecular weight is 204 g/mol. The van der Waals surface area contributed by atoms with E-state index in [9.17, 15) is 23.7 Å². The van der Waals surface area contributed by atoms with Gasteiger partial charge in [0.1, 0.15) is 12.5 Å². The summed E-state index contributed by atoms with van der Waals surface area (Å²) in [4.78, 5) is 20.4. The molecule has 0 bridgehead atoms. The Bertz CT molecular complexity index is 416. The Morgan fingerprint density at radius 3 is 2.71 bits per heavy atom. The van der Waals surface area contributed by atoms with Crippen LogP contribution >= 0.6 is 0 Å². The van der Waals surface area contributed by atoms with Crippen molar-refractivity contribution in [3.05, 3.63) is 38.5 Å². The van der Waals surface area contributed by atoms with Crippen LogP contribution < -0.4 is 5.56 Å². The molecule has 0 saturated carbocycles. The van der Waals surface area contributed by atoms with E-state index in [0.29, 0.717) is 10.6 Å². The van der Waals surface area contributed by atoms with E-state index in [1.54, 1.807) is 0 Å². The first kappa shape index (κ1) is 10.3. The lowest BCUT2D eigenvalue weighted by Gasteiger charge is -2.01. The van der Waals surface area contributed by atoms with Gasteiger partial charge in [0.2, 0.25) is 0 Å². The standard InChI is InChI=1S/C7H6F2N2O3/c8-1-2-10-4-5(9)3-6(7(10)12)11(13)14/h3-4H,1-2H2. The number of halogens is 2. The number of pyridine rings is 1. The van der Waals surface area contributed by atoms with Gasteiger partial charge in [-0.15, -0.1) is 0 Å². The van der Waals surface area contributed by atoms with Crippen molar-refractivity contribution in [2.45, 2.75) is 6.54 Å². The molecule has 1 rings (SSSR count). The van der Waals surface area contributed by atoms with E-state index in [-0.39, 0.29) is 0 Å². The van der Waals surface area contributed by atoms with Crippen molar-refractivity contribution in [2.75, 3.05) is 6.67 Å². The Hall–Kier alpha value is -1.79. The van der Waals surface area contributed by atoms with Gasteiger partial charge in [-0.25, -0.2) is 8.78 Å². The molecule has 0 saturated heterocycles. The lowest BCUT2D eigenvalue weighted by molar-refractivity contribution is -0.386. The molecule has 76 valence electrons. The van der Waals surface area contributed by atoms with Crippen molar-refractivity contribution in [3.8, 4) is 0 Å². The van der Waals surface area contributed by atoms with E-state index in [1.807, 2.05) is 0 Å². The molecule has 0 spiro atoms. The summed E-state index contributed by atoms with van der Waals surface area (Å²) in [6, 6.07) is 0.511. The van der Waals surface area contributed by atoms with Crippen LogP contribution in [-0.2, 0) is 6.54 Å². The zero-order valence-electron chi connectivity index (χ0n) is 6.94. The molecule has 0 aliphatic carbocycles. The highest BCUT2D eigenvalue weighted by Gasteiger charge is 2.16. The minimum Gasteiger partial charge on any atom is -0.304 e. The summed E-state index contributed by atoms with van der Waals surface area (Å²) >= 11 is 0. The van der Waals surface area contributed by atoms with E-state index in [1.165, 1.54) is 0 Å². The lowest BCUT2D eigenvalue weighted by atomic mass is 10.4. The van der Waals surface area contributed by atoms with Crippen LogP contribution in [0.5, 0.6) is 0 Å². The summed E-state index contributed by atoms with van der Waals surface area (Å²) in [5.74, 6) is -0.940. The minimum atomic E-state index is -1.01. The largest absolute Gasteiger partial charge is 0.337 e. The van der Waals surface area contributed by atoms with Gasteiger partial charge in [0, 0.05) is 6.20 Å². The van der Waals surface area contributed by atoms with Crippen molar-refractivity contribution in [1.82, 2.24) is 4.57 Å². The number of alkyl halides is 1. The van der Waals surface area contributed by atoms with Crippen molar-refractivity contribution >= 4 is 5.69 Å². The van der Waals surface area contributed by atoms with Crippen LogP contribution in [0.25, 0.3) is 0 Å². The van der Waals surface area contributed by atoms with Crippen LogP contribution in [0.2, 0.25) is 0 Å². The second-order valence-electron chi connectivity index (χ2n) is 2.49. The van der Waals surface area contributed by atoms with Gasteiger partial charge in [0.25, 0.3) is 0 Å². The van der Waals surface area contributed by atoms with Crippen LogP contribution in [0.1, 0.15) is 0 Å². The van der Waals surface area contributed by atoms with Crippen LogP contribution in [0.15, 0.2) is 17.1 Å². The van der Waals surface area contributed by atoms with Gasteiger partial charge in [0.05, 0.1) is 17.5 Å². The summed E-state index contributed by atoms with van der Waals surface area (Å²) in [7, 11) is 0. The maximum absolute atomic E-state index is 12.7. The van der Waals surface area contributed by atoms with Gasteiger partial charge >= 0.3 is 11.2 Å². The average Bonchev–Trinajstić information content (AvgIpc) is 2.10. The fraction of sp³-hybridized carbons (Fsp3) is 0.286. The normalized spacial score (nSPS) is 10.1. The molecule has 0 fully saturated rings. The van der Waals surface area contributed by atoms with Crippen molar-refractivity contribution in [3.63, 3.8) is 0 Å². The van der Waals surface area contributed by atoms with E-state index >= 15 is 0 Å². The molecule has 14 heavy (non-hydrogen) atoms. The number of hydrogen-bond donors (Lipinski definition) is 0. The van der Waals surface area contributed by atoms with E-state index in [4.69, 9.17) is 0 Å². The molecule has 1 aromatic heterocycles. The molecule has 0 amide bonds. The molecule has 0 N–H and O–H groups in total. The number of aromatic nitrogens is 1. The van der Waals surface area contributed by atoms with Gasteiger partial charge in [0.15, 0.2) is 0 Å². The summed E-state index contributed by atoms with van der Waals surface area (Å²) < 4.78 is 25.2. The number of nitro groups is 1. The second kappa shape index (κ2) is 3.95. The molecule has 0 aromatic carbocycles. The van der Waals surface area contributed by atoms with Gasteiger partial charge in [-0.1, -0.05) is 0 Å². The highest BCUT2D eigenvalue weighted by atomic mass is 19.1. The third-order valence-corrected chi connectivity index (χ3v) is 1.56. The predicted molar refractivity (Wildman–Crippen MR) is 43.3 cm³/mol. The Morgan fingerprint density at radius 2 is 2.21 bits per heavy atom. The molecular weight excluding hydrogens is 198 g/mol. The van der Waals surface area contributed by atoms with Gasteiger partial charge in [-0.2, -0.15) is 0 Å². The Balaban J connectivity index is 3.32. The number of aryl methyl sites for hydroxylation is 1. The van der Waals surface area contributed by atoms with Crippen molar-refractivity contribution in [2.24, 2.45) is 0 Å². The topological polar surface area (TPSA) is 65.1 Å². The van der Waals surface area contributed by atoms with Crippen molar-refractivity contribution in [1.29, 1.82) is 0 Å². The molecule has 5 nitrogen and oxygen atoms in total. The zero-order valence-corrected chi connectivity index (χ0v) is 6.94. The minimum absolute atomic E-state index is 0.391. The summed E-state index contributed by atoms with van der Waals surface area (Å²) in [5.41, 5.74) is -1.90. The predicted octanol–water partition coefficient (Wildman–Crippen LogP) is 0.865. The SMILES string of the molecule is O=c1c([N+](=O)[O-])cc(F)cn1CCF. The molecule has 0 unspecified atom stereocenters. The highest BCUT2D eigenvalue weighted by molar-refractivity contribution is 5.26. The van der Waals surface area contributed by atoms with Crippen molar-refractivity contribution < 1.29 is 13.7 Å². The van der Waals surface area contributed by atoms with Crippen LogP contribution in [0.3, 0.4) is 0 Å². The highest BCUT2D eigenvalue weighted by Crippen LogP contribution is 2.06. The molecule has 1 heterocycles. The Kier molecular flexibility index (Phi) is 2.90. The zero-order chi connectivity index (χ0) is 10.7. The lowest BCUT2D eigenvalue weighted by Crippen LogP contribution is -2.23. The first-order valence-electron chi connectivity index (χ1n) is 3.66.